The zero-order chi connectivity index (χ0) is 21.2. The van der Waals surface area contributed by atoms with Crippen LogP contribution in [0.25, 0.3) is 0 Å². The summed E-state index contributed by atoms with van der Waals surface area (Å²) < 4.78 is 69.9. The standard InChI is InChI=1S/C17H19F3N4O4S/c1-22-11-15(21-12-22)29(26,27)24-8-4-7-23(9-10-24)16(25)13-5-2-3-6-14(13)28-17(18,19)20/h2-3,5-6,11-12H,4,7-10H2,1H3. The molecular weight excluding hydrogens is 413 g/mol. The number of ether oxygens (including phenoxy) is 1. The quantitative estimate of drug-likeness (QED) is 0.736. The SMILES string of the molecule is Cn1cnc(S(=O)(=O)N2CCCN(C(=O)c3ccccc3OC(F)(F)F)CC2)c1. The lowest BCUT2D eigenvalue weighted by Gasteiger charge is -2.22. The number of para-hydroxylation sites is 1. The normalized spacial score (nSPS) is 16.5. The second kappa shape index (κ2) is 8.03. The highest BCUT2D eigenvalue weighted by atomic mass is 32.2. The van der Waals surface area contributed by atoms with E-state index < -0.39 is 28.0 Å². The van der Waals surface area contributed by atoms with Crippen molar-refractivity contribution in [2.75, 3.05) is 26.2 Å². The lowest BCUT2D eigenvalue weighted by molar-refractivity contribution is -0.274. The van der Waals surface area contributed by atoms with Gasteiger partial charge >= 0.3 is 6.36 Å². The number of imidazole rings is 1. The van der Waals surface area contributed by atoms with Gasteiger partial charge in [0.25, 0.3) is 15.9 Å². The molecule has 1 aromatic heterocycles. The van der Waals surface area contributed by atoms with Crippen LogP contribution in [-0.4, -0.2) is 65.6 Å². The van der Waals surface area contributed by atoms with Gasteiger partial charge < -0.3 is 14.2 Å². The van der Waals surface area contributed by atoms with Gasteiger partial charge in [-0.25, -0.2) is 13.4 Å². The molecule has 0 bridgehead atoms. The van der Waals surface area contributed by atoms with Gasteiger partial charge in [0.2, 0.25) is 0 Å². The fourth-order valence-electron chi connectivity index (χ4n) is 3.02. The number of rotatable bonds is 4. The Labute approximate surface area is 165 Å². The van der Waals surface area contributed by atoms with E-state index >= 15 is 0 Å². The van der Waals surface area contributed by atoms with Crippen molar-refractivity contribution >= 4 is 15.9 Å². The summed E-state index contributed by atoms with van der Waals surface area (Å²) in [4.78, 5) is 18.0. The van der Waals surface area contributed by atoms with Crippen molar-refractivity contribution < 1.29 is 31.1 Å². The average Bonchev–Trinajstić information content (AvgIpc) is 2.93. The van der Waals surface area contributed by atoms with Crippen molar-refractivity contribution in [3.05, 3.63) is 42.4 Å². The van der Waals surface area contributed by atoms with Gasteiger partial charge in [-0.15, -0.1) is 13.2 Å². The van der Waals surface area contributed by atoms with Crippen LogP contribution >= 0.6 is 0 Å². The summed E-state index contributed by atoms with van der Waals surface area (Å²) in [7, 11) is -2.17. The van der Waals surface area contributed by atoms with Gasteiger partial charge in [-0.1, -0.05) is 12.1 Å². The number of aromatic nitrogens is 2. The van der Waals surface area contributed by atoms with Crippen LogP contribution in [0.3, 0.4) is 0 Å². The molecule has 0 radical (unpaired) electrons. The van der Waals surface area contributed by atoms with E-state index in [2.05, 4.69) is 9.72 Å². The highest BCUT2D eigenvalue weighted by molar-refractivity contribution is 7.89. The minimum Gasteiger partial charge on any atom is -0.405 e. The summed E-state index contributed by atoms with van der Waals surface area (Å²) in [6.07, 6.45) is -1.84. The van der Waals surface area contributed by atoms with Gasteiger partial charge in [-0.3, -0.25) is 4.79 Å². The molecule has 0 spiro atoms. The van der Waals surface area contributed by atoms with Crippen LogP contribution in [0.15, 0.2) is 41.8 Å². The molecule has 158 valence electrons. The predicted octanol–water partition coefficient (Wildman–Crippen LogP) is 1.86. The molecule has 12 heteroatoms. The number of alkyl halides is 3. The van der Waals surface area contributed by atoms with Crippen LogP contribution in [0.4, 0.5) is 13.2 Å². The number of aryl methyl sites for hydroxylation is 1. The first-order valence-electron chi connectivity index (χ1n) is 8.70. The Bertz CT molecular complexity index is 991. The minimum absolute atomic E-state index is 0.00689. The first-order chi connectivity index (χ1) is 13.6. The van der Waals surface area contributed by atoms with Gasteiger partial charge in [-0.05, 0) is 18.6 Å². The van der Waals surface area contributed by atoms with Gasteiger partial charge in [-0.2, -0.15) is 4.31 Å². The fourth-order valence-corrected chi connectivity index (χ4v) is 4.45. The molecule has 0 aliphatic carbocycles. The van der Waals surface area contributed by atoms with E-state index in [4.69, 9.17) is 0 Å². The Hall–Kier alpha value is -2.60. The first kappa shape index (κ1) is 21.1. The lowest BCUT2D eigenvalue weighted by atomic mass is 10.1. The van der Waals surface area contributed by atoms with Gasteiger partial charge in [0.1, 0.15) is 5.75 Å². The monoisotopic (exact) mass is 432 g/mol. The fraction of sp³-hybridized carbons (Fsp3) is 0.412. The maximum Gasteiger partial charge on any atom is 0.573 e. The molecule has 1 aliphatic rings. The predicted molar refractivity (Wildman–Crippen MR) is 95.6 cm³/mol. The van der Waals surface area contributed by atoms with E-state index in [1.54, 1.807) is 7.05 Å². The number of halogens is 3. The Kier molecular flexibility index (Phi) is 5.85. The third kappa shape index (κ3) is 4.88. The summed E-state index contributed by atoms with van der Waals surface area (Å²) in [5, 5.41) is -0.0938. The molecule has 3 rings (SSSR count). The molecule has 0 saturated carbocycles. The molecule has 1 aliphatic heterocycles. The van der Waals surface area contributed by atoms with Crippen molar-refractivity contribution in [1.29, 1.82) is 0 Å². The minimum atomic E-state index is -4.93. The summed E-state index contributed by atoms with van der Waals surface area (Å²) in [5.41, 5.74) is -0.231. The van der Waals surface area contributed by atoms with Crippen molar-refractivity contribution in [3.8, 4) is 5.75 Å². The summed E-state index contributed by atoms with van der Waals surface area (Å²) in [6.45, 7) is 0.412. The smallest absolute Gasteiger partial charge is 0.405 e. The molecule has 8 nitrogen and oxygen atoms in total. The first-order valence-corrected chi connectivity index (χ1v) is 10.1. The highest BCUT2D eigenvalue weighted by Crippen LogP contribution is 2.27. The maximum atomic E-state index is 12.8. The average molecular weight is 432 g/mol. The Balaban J connectivity index is 1.76. The van der Waals surface area contributed by atoms with Crippen LogP contribution in [0.1, 0.15) is 16.8 Å². The van der Waals surface area contributed by atoms with Crippen molar-refractivity contribution in [2.45, 2.75) is 17.8 Å². The van der Waals surface area contributed by atoms with E-state index in [0.29, 0.717) is 6.42 Å². The molecule has 0 atom stereocenters. The highest BCUT2D eigenvalue weighted by Gasteiger charge is 2.34. The number of hydrogen-bond acceptors (Lipinski definition) is 5. The molecule has 1 amide bonds. The molecule has 29 heavy (non-hydrogen) atoms. The number of carbonyl (C=O) groups excluding carboxylic acids is 1. The molecule has 1 aromatic carbocycles. The second-order valence-corrected chi connectivity index (χ2v) is 8.36. The summed E-state index contributed by atoms with van der Waals surface area (Å²) >= 11 is 0. The van der Waals surface area contributed by atoms with E-state index in [9.17, 15) is 26.4 Å². The van der Waals surface area contributed by atoms with Crippen molar-refractivity contribution in [2.24, 2.45) is 7.05 Å². The van der Waals surface area contributed by atoms with Crippen LogP contribution in [0.2, 0.25) is 0 Å². The number of benzene rings is 1. The molecule has 0 unspecified atom stereocenters. The Morgan fingerprint density at radius 1 is 1.14 bits per heavy atom. The van der Waals surface area contributed by atoms with E-state index in [0.717, 1.165) is 6.07 Å². The maximum absolute atomic E-state index is 12.8. The van der Waals surface area contributed by atoms with Crippen LogP contribution < -0.4 is 4.74 Å². The molecule has 2 aromatic rings. The molecule has 1 saturated heterocycles. The molecule has 1 fully saturated rings. The number of carbonyl (C=O) groups is 1. The van der Waals surface area contributed by atoms with Crippen molar-refractivity contribution in [1.82, 2.24) is 18.8 Å². The molecule has 0 N–H and O–H groups in total. The second-order valence-electron chi connectivity index (χ2n) is 6.47. The van der Waals surface area contributed by atoms with Crippen molar-refractivity contribution in [3.63, 3.8) is 0 Å². The van der Waals surface area contributed by atoms with Crippen LogP contribution in [0, 0.1) is 0 Å². The zero-order valence-electron chi connectivity index (χ0n) is 15.5. The van der Waals surface area contributed by atoms with E-state index in [-0.39, 0.29) is 36.8 Å². The van der Waals surface area contributed by atoms with E-state index in [1.807, 2.05) is 0 Å². The number of amides is 1. The largest absolute Gasteiger partial charge is 0.573 e. The summed E-state index contributed by atoms with van der Waals surface area (Å²) in [6, 6.07) is 5.08. The molecular formula is C17H19F3N4O4S. The van der Waals surface area contributed by atoms with Gasteiger partial charge in [0.15, 0.2) is 5.03 Å². The topological polar surface area (TPSA) is 84.7 Å². The number of hydrogen-bond donors (Lipinski definition) is 0. The number of nitrogens with zero attached hydrogens (tertiary/aromatic N) is 4. The third-order valence-electron chi connectivity index (χ3n) is 4.37. The van der Waals surface area contributed by atoms with Crippen LogP contribution in [0.5, 0.6) is 5.75 Å². The third-order valence-corrected chi connectivity index (χ3v) is 6.16. The Morgan fingerprint density at radius 2 is 1.86 bits per heavy atom. The Morgan fingerprint density at radius 3 is 2.52 bits per heavy atom. The number of sulfonamides is 1. The lowest BCUT2D eigenvalue weighted by Crippen LogP contribution is -2.37. The van der Waals surface area contributed by atoms with Gasteiger partial charge in [0, 0.05) is 39.4 Å². The summed E-state index contributed by atoms with van der Waals surface area (Å²) in [5.74, 6) is -1.24. The zero-order valence-corrected chi connectivity index (χ0v) is 16.3. The van der Waals surface area contributed by atoms with Gasteiger partial charge in [0.05, 0.1) is 11.9 Å². The van der Waals surface area contributed by atoms with E-state index in [1.165, 1.54) is 44.5 Å². The molecule has 2 heterocycles. The van der Waals surface area contributed by atoms with Crippen LogP contribution in [-0.2, 0) is 17.1 Å².